The van der Waals surface area contributed by atoms with Gasteiger partial charge in [0.05, 0.1) is 4.92 Å². The van der Waals surface area contributed by atoms with Gasteiger partial charge in [0.15, 0.2) is 0 Å². The fourth-order valence-electron chi connectivity index (χ4n) is 2.45. The van der Waals surface area contributed by atoms with Crippen LogP contribution in [0.4, 0.5) is 0 Å². The van der Waals surface area contributed by atoms with Crippen molar-refractivity contribution in [3.63, 3.8) is 0 Å². The van der Waals surface area contributed by atoms with Crippen LogP contribution in [-0.2, 0) is 4.79 Å². The largest absolute Gasteiger partial charge is 0.303 e. The summed E-state index contributed by atoms with van der Waals surface area (Å²) in [6, 6.07) is 0. The Balaban J connectivity index is 3.87. The van der Waals surface area contributed by atoms with Gasteiger partial charge in [0, 0.05) is 12.8 Å². The van der Waals surface area contributed by atoms with E-state index in [2.05, 4.69) is 31.2 Å². The molecular formula is C22H35NO3. The fourth-order valence-corrected chi connectivity index (χ4v) is 2.45. The molecule has 0 unspecified atom stereocenters. The van der Waals surface area contributed by atoms with Gasteiger partial charge in [-0.15, -0.1) is 0 Å². The van der Waals surface area contributed by atoms with Crippen LogP contribution in [-0.4, -0.2) is 11.2 Å². The third kappa shape index (κ3) is 16.9. The van der Waals surface area contributed by atoms with Crippen LogP contribution in [0.25, 0.3) is 0 Å². The topological polar surface area (TPSA) is 60.2 Å². The van der Waals surface area contributed by atoms with E-state index < -0.39 is 0 Å². The molecule has 0 fully saturated rings. The second-order valence-corrected chi connectivity index (χ2v) is 6.34. The van der Waals surface area contributed by atoms with Crippen LogP contribution < -0.4 is 0 Å². The van der Waals surface area contributed by atoms with E-state index >= 15 is 0 Å². The molecule has 4 heteroatoms. The van der Waals surface area contributed by atoms with Crippen molar-refractivity contribution >= 4 is 6.29 Å². The molecule has 0 bridgehead atoms. The molecule has 146 valence electrons. The summed E-state index contributed by atoms with van der Waals surface area (Å²) in [5.74, 6) is 0. The number of nitro groups is 1. The van der Waals surface area contributed by atoms with Gasteiger partial charge in [0.25, 0.3) is 0 Å². The molecular weight excluding hydrogens is 326 g/mol. The fraction of sp³-hybridized carbons (Fsp3) is 0.591. The van der Waals surface area contributed by atoms with Crippen molar-refractivity contribution in [2.45, 2.75) is 84.0 Å². The lowest BCUT2D eigenvalue weighted by Crippen LogP contribution is -1.98. The molecule has 0 aromatic carbocycles. The molecule has 0 saturated heterocycles. The number of nitrogens with zero attached hydrogens (tertiary/aromatic N) is 1. The Kier molecular flexibility index (Phi) is 17.9. The number of carbonyl (C=O) groups is 1. The summed E-state index contributed by atoms with van der Waals surface area (Å²) in [6.45, 7) is 2.21. The minimum atomic E-state index is -0.291. The van der Waals surface area contributed by atoms with Crippen LogP contribution in [0.2, 0.25) is 0 Å². The van der Waals surface area contributed by atoms with Crippen molar-refractivity contribution in [2.75, 3.05) is 0 Å². The number of carbonyl (C=O) groups excluding carboxylic acids is 1. The van der Waals surface area contributed by atoms with Crippen molar-refractivity contribution in [3.8, 4) is 0 Å². The molecule has 0 aliphatic rings. The lowest BCUT2D eigenvalue weighted by atomic mass is 10.1. The van der Waals surface area contributed by atoms with Gasteiger partial charge in [-0.05, 0) is 51.0 Å². The van der Waals surface area contributed by atoms with Gasteiger partial charge in [0.1, 0.15) is 6.29 Å². The first kappa shape index (κ1) is 24.0. The lowest BCUT2D eigenvalue weighted by Gasteiger charge is -1.98. The third-order valence-corrected chi connectivity index (χ3v) is 4.00. The molecule has 0 N–H and O–H groups in total. The zero-order valence-electron chi connectivity index (χ0n) is 16.3. The first-order valence-corrected chi connectivity index (χ1v) is 9.94. The Morgan fingerprint density at radius 2 is 1.42 bits per heavy atom. The summed E-state index contributed by atoms with van der Waals surface area (Å²) in [5.41, 5.74) is 0.282. The second kappa shape index (κ2) is 19.4. The molecule has 0 rings (SSSR count). The summed E-state index contributed by atoms with van der Waals surface area (Å²) >= 11 is 0. The minimum absolute atomic E-state index is 0.282. The highest BCUT2D eigenvalue weighted by molar-refractivity contribution is 5.48. The van der Waals surface area contributed by atoms with E-state index in [1.54, 1.807) is 6.08 Å². The van der Waals surface area contributed by atoms with Crippen molar-refractivity contribution in [1.82, 2.24) is 0 Å². The van der Waals surface area contributed by atoms with Crippen molar-refractivity contribution < 1.29 is 9.72 Å². The van der Waals surface area contributed by atoms with Gasteiger partial charge in [0.2, 0.25) is 5.70 Å². The number of allylic oxidation sites excluding steroid dienone is 8. The molecule has 0 aliphatic carbocycles. The highest BCUT2D eigenvalue weighted by Gasteiger charge is 2.08. The molecule has 0 spiro atoms. The number of rotatable bonds is 17. The summed E-state index contributed by atoms with van der Waals surface area (Å²) < 4.78 is 0. The Hall–Kier alpha value is -1.97. The maximum Gasteiger partial charge on any atom is 0.242 e. The Morgan fingerprint density at radius 3 is 2.04 bits per heavy atom. The molecule has 26 heavy (non-hydrogen) atoms. The molecule has 0 radical (unpaired) electrons. The van der Waals surface area contributed by atoms with Gasteiger partial charge in [-0.25, -0.2) is 0 Å². The van der Waals surface area contributed by atoms with Gasteiger partial charge in [-0.3, -0.25) is 10.1 Å². The van der Waals surface area contributed by atoms with Gasteiger partial charge in [-0.1, -0.05) is 62.6 Å². The normalized spacial score (nSPS) is 12.6. The monoisotopic (exact) mass is 361 g/mol. The summed E-state index contributed by atoms with van der Waals surface area (Å²) in [6.07, 6.45) is 26.2. The SMILES string of the molecule is CCCCC/C=C/C/C=C/C/C=C/C/C=C(/CCCCCC=O)[N+](=O)[O-]. The van der Waals surface area contributed by atoms with Crippen LogP contribution in [0.5, 0.6) is 0 Å². The molecule has 0 heterocycles. The van der Waals surface area contributed by atoms with E-state index in [0.717, 1.165) is 38.4 Å². The molecule has 0 amide bonds. The quantitative estimate of drug-likeness (QED) is 0.0950. The zero-order chi connectivity index (χ0) is 19.3. The first-order valence-electron chi connectivity index (χ1n) is 9.94. The summed E-state index contributed by atoms with van der Waals surface area (Å²) in [4.78, 5) is 20.9. The van der Waals surface area contributed by atoms with Crippen LogP contribution in [0.3, 0.4) is 0 Å². The molecule has 0 aromatic rings. The molecule has 0 atom stereocenters. The zero-order valence-corrected chi connectivity index (χ0v) is 16.3. The van der Waals surface area contributed by atoms with Crippen LogP contribution >= 0.6 is 0 Å². The predicted octanol–water partition coefficient (Wildman–Crippen LogP) is 6.72. The minimum Gasteiger partial charge on any atom is -0.303 e. The van der Waals surface area contributed by atoms with Crippen LogP contribution in [0.1, 0.15) is 84.0 Å². The van der Waals surface area contributed by atoms with Gasteiger partial charge in [-0.2, -0.15) is 0 Å². The molecule has 0 aliphatic heterocycles. The predicted molar refractivity (Wildman–Crippen MR) is 110 cm³/mol. The van der Waals surface area contributed by atoms with Crippen molar-refractivity contribution in [3.05, 3.63) is 58.3 Å². The number of unbranched alkanes of at least 4 members (excludes halogenated alkanes) is 6. The first-order chi connectivity index (χ1) is 12.7. The summed E-state index contributed by atoms with van der Waals surface area (Å²) in [7, 11) is 0. The van der Waals surface area contributed by atoms with Crippen LogP contribution in [0.15, 0.2) is 48.2 Å². The Labute approximate surface area is 158 Å². The van der Waals surface area contributed by atoms with E-state index in [9.17, 15) is 14.9 Å². The smallest absolute Gasteiger partial charge is 0.242 e. The maximum absolute atomic E-state index is 11.0. The Morgan fingerprint density at radius 1 is 0.808 bits per heavy atom. The standard InChI is InChI=1S/C22H35NO3/c1-2-3-4-5-6-7-8-9-10-11-12-13-16-19-22(23(25)26)20-17-14-15-18-21-24/h6-7,9-10,12-13,19,21H,2-5,8,11,14-18,20H2,1H3/b7-6+,10-9+,13-12+,22-19-. The van der Waals surface area contributed by atoms with E-state index in [4.69, 9.17) is 0 Å². The summed E-state index contributed by atoms with van der Waals surface area (Å²) in [5, 5.41) is 11.0. The maximum atomic E-state index is 11.0. The number of hydrogen-bond donors (Lipinski definition) is 0. The van der Waals surface area contributed by atoms with E-state index in [1.165, 1.54) is 25.7 Å². The molecule has 0 saturated carbocycles. The molecule has 4 nitrogen and oxygen atoms in total. The molecule has 0 aromatic heterocycles. The van der Waals surface area contributed by atoms with Crippen molar-refractivity contribution in [2.24, 2.45) is 0 Å². The van der Waals surface area contributed by atoms with Gasteiger partial charge < -0.3 is 4.79 Å². The number of aldehydes is 1. The number of hydrogen-bond acceptors (Lipinski definition) is 3. The average molecular weight is 362 g/mol. The van der Waals surface area contributed by atoms with Gasteiger partial charge >= 0.3 is 0 Å². The second-order valence-electron chi connectivity index (χ2n) is 6.34. The van der Waals surface area contributed by atoms with E-state index in [-0.39, 0.29) is 10.6 Å². The van der Waals surface area contributed by atoms with Crippen LogP contribution in [0, 0.1) is 10.1 Å². The van der Waals surface area contributed by atoms with E-state index in [0.29, 0.717) is 19.3 Å². The van der Waals surface area contributed by atoms with Crippen molar-refractivity contribution in [1.29, 1.82) is 0 Å². The Bertz CT molecular complexity index is 476. The average Bonchev–Trinajstić information content (AvgIpc) is 2.63. The highest BCUT2D eigenvalue weighted by atomic mass is 16.6. The third-order valence-electron chi connectivity index (χ3n) is 4.00. The lowest BCUT2D eigenvalue weighted by molar-refractivity contribution is -0.428. The highest BCUT2D eigenvalue weighted by Crippen LogP contribution is 2.11. The van der Waals surface area contributed by atoms with E-state index in [1.807, 2.05) is 12.2 Å².